The van der Waals surface area contributed by atoms with Crippen molar-refractivity contribution in [1.82, 2.24) is 0 Å². The number of nitrogens with one attached hydrogen (secondary N) is 2. The molecule has 8 heteroatoms. The third-order valence-electron chi connectivity index (χ3n) is 3.77. The molecule has 0 radical (unpaired) electrons. The van der Waals surface area contributed by atoms with E-state index in [0.29, 0.717) is 22.5 Å². The Kier molecular flexibility index (Phi) is 5.78. The van der Waals surface area contributed by atoms with Crippen LogP contribution in [0.3, 0.4) is 0 Å². The summed E-state index contributed by atoms with van der Waals surface area (Å²) in [6.45, 7) is 0. The van der Waals surface area contributed by atoms with Crippen LogP contribution in [0, 0.1) is 11.3 Å². The zero-order valence-corrected chi connectivity index (χ0v) is 16.8. The molecule has 0 saturated carbocycles. The lowest BCUT2D eigenvalue weighted by Gasteiger charge is -2.10. The molecule has 0 atom stereocenters. The summed E-state index contributed by atoms with van der Waals surface area (Å²) in [7, 11) is -3.81. The molecule has 6 nitrogen and oxygen atoms in total. The highest BCUT2D eigenvalue weighted by molar-refractivity contribution is 9.10. The van der Waals surface area contributed by atoms with E-state index in [1.165, 1.54) is 36.4 Å². The van der Waals surface area contributed by atoms with Crippen LogP contribution in [-0.4, -0.2) is 14.3 Å². The molecule has 3 aromatic rings. The van der Waals surface area contributed by atoms with Crippen LogP contribution in [0.1, 0.15) is 15.9 Å². The van der Waals surface area contributed by atoms with Gasteiger partial charge in [-0.25, -0.2) is 8.42 Å². The highest BCUT2D eigenvalue weighted by Crippen LogP contribution is 2.21. The van der Waals surface area contributed by atoms with Crippen molar-refractivity contribution in [3.8, 4) is 6.07 Å². The predicted octanol–water partition coefficient (Wildman–Crippen LogP) is 4.37. The fourth-order valence-corrected chi connectivity index (χ4v) is 3.74. The van der Waals surface area contributed by atoms with E-state index in [2.05, 4.69) is 26.0 Å². The molecule has 0 spiro atoms. The van der Waals surface area contributed by atoms with Crippen LogP contribution in [0.5, 0.6) is 0 Å². The second-order valence-corrected chi connectivity index (χ2v) is 8.38. The highest BCUT2D eigenvalue weighted by atomic mass is 79.9. The van der Waals surface area contributed by atoms with Crippen molar-refractivity contribution < 1.29 is 13.2 Å². The molecule has 3 aromatic carbocycles. The van der Waals surface area contributed by atoms with Crippen LogP contribution >= 0.6 is 15.9 Å². The van der Waals surface area contributed by atoms with Crippen molar-refractivity contribution in [1.29, 1.82) is 5.26 Å². The quantitative estimate of drug-likeness (QED) is 0.596. The second kappa shape index (κ2) is 8.25. The summed E-state index contributed by atoms with van der Waals surface area (Å²) in [4.78, 5) is 12.4. The van der Waals surface area contributed by atoms with E-state index in [9.17, 15) is 13.2 Å². The Morgan fingerprint density at radius 3 is 2.25 bits per heavy atom. The lowest BCUT2D eigenvalue weighted by Crippen LogP contribution is -2.15. The van der Waals surface area contributed by atoms with Gasteiger partial charge < -0.3 is 5.32 Å². The molecule has 28 heavy (non-hydrogen) atoms. The van der Waals surface area contributed by atoms with Gasteiger partial charge in [-0.05, 0) is 66.7 Å². The van der Waals surface area contributed by atoms with E-state index in [1.54, 1.807) is 36.4 Å². The SMILES string of the molecule is N#Cc1ccc(C(=O)Nc2cccc(S(=O)(=O)Nc3ccc(Br)cc3)c2)cc1. The number of rotatable bonds is 5. The Balaban J connectivity index is 1.78. The number of benzene rings is 3. The third kappa shape index (κ3) is 4.76. The fourth-order valence-electron chi connectivity index (χ4n) is 2.37. The van der Waals surface area contributed by atoms with E-state index in [-0.39, 0.29) is 4.90 Å². The Morgan fingerprint density at radius 2 is 1.61 bits per heavy atom. The van der Waals surface area contributed by atoms with E-state index in [4.69, 9.17) is 5.26 Å². The Hall–Kier alpha value is -3.15. The van der Waals surface area contributed by atoms with Gasteiger partial charge in [0.05, 0.1) is 16.5 Å². The summed E-state index contributed by atoms with van der Waals surface area (Å²) in [6, 6.07) is 20.8. The average molecular weight is 456 g/mol. The first-order chi connectivity index (χ1) is 13.4. The number of halogens is 1. The van der Waals surface area contributed by atoms with Gasteiger partial charge in [-0.3, -0.25) is 9.52 Å². The average Bonchev–Trinajstić information content (AvgIpc) is 2.70. The van der Waals surface area contributed by atoms with Gasteiger partial charge in [0, 0.05) is 21.4 Å². The molecule has 0 unspecified atom stereocenters. The molecule has 0 aliphatic carbocycles. The monoisotopic (exact) mass is 455 g/mol. The highest BCUT2D eigenvalue weighted by Gasteiger charge is 2.15. The number of carbonyl (C=O) groups is 1. The van der Waals surface area contributed by atoms with Gasteiger partial charge in [0.2, 0.25) is 0 Å². The zero-order valence-electron chi connectivity index (χ0n) is 14.4. The fraction of sp³-hybridized carbons (Fsp3) is 0. The molecule has 0 aromatic heterocycles. The molecule has 0 bridgehead atoms. The van der Waals surface area contributed by atoms with Crippen molar-refractivity contribution in [2.45, 2.75) is 4.90 Å². The van der Waals surface area contributed by atoms with Gasteiger partial charge in [-0.2, -0.15) is 5.26 Å². The molecule has 140 valence electrons. The first-order valence-electron chi connectivity index (χ1n) is 8.07. The molecule has 0 aliphatic heterocycles. The normalized spacial score (nSPS) is 10.7. The minimum absolute atomic E-state index is 0.0213. The van der Waals surface area contributed by atoms with Crippen LogP contribution in [0.4, 0.5) is 11.4 Å². The smallest absolute Gasteiger partial charge is 0.261 e. The molecule has 0 heterocycles. The predicted molar refractivity (Wildman–Crippen MR) is 111 cm³/mol. The maximum Gasteiger partial charge on any atom is 0.261 e. The number of hydrogen-bond donors (Lipinski definition) is 2. The van der Waals surface area contributed by atoms with Crippen molar-refractivity contribution >= 4 is 43.2 Å². The number of nitriles is 1. The van der Waals surface area contributed by atoms with E-state index in [1.807, 2.05) is 6.07 Å². The van der Waals surface area contributed by atoms with Crippen LogP contribution in [0.15, 0.2) is 82.2 Å². The van der Waals surface area contributed by atoms with Gasteiger partial charge in [-0.15, -0.1) is 0 Å². The lowest BCUT2D eigenvalue weighted by atomic mass is 10.1. The topological polar surface area (TPSA) is 99.1 Å². The first-order valence-corrected chi connectivity index (χ1v) is 10.3. The van der Waals surface area contributed by atoms with Crippen LogP contribution in [0.2, 0.25) is 0 Å². The van der Waals surface area contributed by atoms with Crippen molar-refractivity contribution in [3.05, 3.63) is 88.4 Å². The zero-order chi connectivity index (χ0) is 20.1. The number of anilines is 2. The van der Waals surface area contributed by atoms with Crippen LogP contribution in [0.25, 0.3) is 0 Å². The number of hydrogen-bond acceptors (Lipinski definition) is 4. The Bertz CT molecular complexity index is 1150. The molecule has 0 fully saturated rings. The number of sulfonamides is 1. The van der Waals surface area contributed by atoms with Crippen molar-refractivity contribution in [2.24, 2.45) is 0 Å². The number of nitrogens with zero attached hydrogens (tertiary/aromatic N) is 1. The van der Waals surface area contributed by atoms with E-state index in [0.717, 1.165) is 4.47 Å². The molecule has 0 saturated heterocycles. The Labute approximate surface area is 171 Å². The summed E-state index contributed by atoms with van der Waals surface area (Å²) in [5.74, 6) is -0.403. The minimum atomic E-state index is -3.81. The molecule has 2 N–H and O–H groups in total. The van der Waals surface area contributed by atoms with Gasteiger partial charge in [0.1, 0.15) is 0 Å². The van der Waals surface area contributed by atoms with Crippen LogP contribution in [-0.2, 0) is 10.0 Å². The first kappa shape index (κ1) is 19.6. The largest absolute Gasteiger partial charge is 0.322 e. The second-order valence-electron chi connectivity index (χ2n) is 5.78. The van der Waals surface area contributed by atoms with Crippen molar-refractivity contribution in [2.75, 3.05) is 10.0 Å². The third-order valence-corrected chi connectivity index (χ3v) is 5.68. The molecular weight excluding hydrogens is 442 g/mol. The van der Waals surface area contributed by atoms with Gasteiger partial charge in [-0.1, -0.05) is 22.0 Å². The number of amides is 1. The van der Waals surface area contributed by atoms with Gasteiger partial charge in [0.25, 0.3) is 15.9 Å². The molecule has 1 amide bonds. The summed E-state index contributed by atoms with van der Waals surface area (Å²) < 4.78 is 28.5. The molecule has 0 aliphatic rings. The van der Waals surface area contributed by atoms with Crippen molar-refractivity contribution in [3.63, 3.8) is 0 Å². The van der Waals surface area contributed by atoms with Gasteiger partial charge >= 0.3 is 0 Å². The van der Waals surface area contributed by atoms with Crippen LogP contribution < -0.4 is 10.0 Å². The molecule has 3 rings (SSSR count). The standard InChI is InChI=1S/C20H14BrN3O3S/c21-16-8-10-17(11-9-16)24-28(26,27)19-3-1-2-18(12-19)23-20(25)15-6-4-14(13-22)5-7-15/h1-12,24H,(H,23,25). The van der Waals surface area contributed by atoms with Gasteiger partial charge in [0.15, 0.2) is 0 Å². The van der Waals surface area contributed by atoms with E-state index < -0.39 is 15.9 Å². The van der Waals surface area contributed by atoms with E-state index >= 15 is 0 Å². The number of carbonyl (C=O) groups excluding carboxylic acids is 1. The summed E-state index contributed by atoms with van der Waals surface area (Å²) in [5, 5.41) is 11.5. The Morgan fingerprint density at radius 1 is 0.929 bits per heavy atom. The molecular formula is C20H14BrN3O3S. The maximum absolute atomic E-state index is 12.6. The lowest BCUT2D eigenvalue weighted by molar-refractivity contribution is 0.102. The summed E-state index contributed by atoms with van der Waals surface area (Å²) in [5.41, 5.74) is 1.58. The minimum Gasteiger partial charge on any atom is -0.322 e. The summed E-state index contributed by atoms with van der Waals surface area (Å²) >= 11 is 3.30. The summed E-state index contributed by atoms with van der Waals surface area (Å²) in [6.07, 6.45) is 0. The maximum atomic E-state index is 12.6.